The van der Waals surface area contributed by atoms with E-state index in [2.05, 4.69) is 9.72 Å². The molecule has 0 fully saturated rings. The molecule has 0 saturated heterocycles. The second-order valence-corrected chi connectivity index (χ2v) is 3.51. The normalized spacial score (nSPS) is 11.7. The number of rotatable bonds is 5. The predicted octanol–water partition coefficient (Wildman–Crippen LogP) is 2.71. The van der Waals surface area contributed by atoms with E-state index < -0.39 is 41.4 Å². The molecule has 1 aromatic rings. The van der Waals surface area contributed by atoms with Crippen molar-refractivity contribution >= 4 is 17.6 Å². The van der Waals surface area contributed by atoms with Crippen molar-refractivity contribution in [3.8, 4) is 5.88 Å². The first-order chi connectivity index (χ1) is 8.25. The average Bonchev–Trinajstić information content (AvgIpc) is 2.27. The minimum absolute atomic E-state index is 0.429. The third-order valence-electron chi connectivity index (χ3n) is 1.81. The molecule has 0 amide bonds. The number of aromatic nitrogens is 1. The largest absolute Gasteiger partial charge is 0.478 e. The lowest BCUT2D eigenvalue weighted by molar-refractivity contribution is -0.148. The van der Waals surface area contributed by atoms with Gasteiger partial charge in [0.2, 0.25) is 5.88 Å². The number of carbonyl (C=O) groups is 1. The molecule has 0 aromatic carbocycles. The molecule has 100 valence electrons. The van der Waals surface area contributed by atoms with E-state index in [4.69, 9.17) is 16.7 Å². The molecule has 0 aliphatic carbocycles. The monoisotopic (exact) mass is 287 g/mol. The molecule has 18 heavy (non-hydrogen) atoms. The zero-order valence-corrected chi connectivity index (χ0v) is 9.30. The van der Waals surface area contributed by atoms with Crippen molar-refractivity contribution in [2.45, 2.75) is 12.3 Å². The van der Waals surface area contributed by atoms with Crippen molar-refractivity contribution < 1.29 is 32.2 Å². The number of carboxylic acids is 1. The number of carboxylic acid groups (broad SMARTS) is 1. The minimum atomic E-state index is -4.37. The molecule has 0 spiro atoms. The second kappa shape index (κ2) is 5.38. The van der Waals surface area contributed by atoms with Gasteiger partial charge < -0.3 is 9.84 Å². The van der Waals surface area contributed by atoms with Crippen LogP contribution in [0.15, 0.2) is 12.3 Å². The minimum Gasteiger partial charge on any atom is -0.478 e. The molecule has 0 saturated carbocycles. The fourth-order valence-electron chi connectivity index (χ4n) is 0.918. The van der Waals surface area contributed by atoms with E-state index >= 15 is 0 Å². The van der Waals surface area contributed by atoms with Crippen LogP contribution in [0.1, 0.15) is 10.4 Å². The maximum absolute atomic E-state index is 12.6. The highest BCUT2D eigenvalue weighted by atomic mass is 35.5. The Hall–Kier alpha value is -1.57. The lowest BCUT2D eigenvalue weighted by atomic mass is 10.3. The van der Waals surface area contributed by atoms with Crippen LogP contribution in [0.25, 0.3) is 0 Å². The smallest absolute Gasteiger partial charge is 0.340 e. The summed E-state index contributed by atoms with van der Waals surface area (Å²) in [5.41, 5.74) is -0.429. The number of hydrogen-bond donors (Lipinski definition) is 1. The van der Waals surface area contributed by atoms with Crippen molar-refractivity contribution in [1.29, 1.82) is 0 Å². The van der Waals surface area contributed by atoms with Crippen molar-refractivity contribution in [2.24, 2.45) is 0 Å². The summed E-state index contributed by atoms with van der Waals surface area (Å²) in [5.74, 6) is -6.44. The quantitative estimate of drug-likeness (QED) is 0.846. The Labute approximate surface area is 103 Å². The van der Waals surface area contributed by atoms with Gasteiger partial charge in [-0.05, 0) is 6.07 Å². The summed E-state index contributed by atoms with van der Waals surface area (Å²) in [7, 11) is 0. The third-order valence-corrected chi connectivity index (χ3v) is 2.17. The molecular formula is C9H6ClF4NO3. The van der Waals surface area contributed by atoms with E-state index in [-0.39, 0.29) is 0 Å². The van der Waals surface area contributed by atoms with Gasteiger partial charge in [0.1, 0.15) is 5.02 Å². The van der Waals surface area contributed by atoms with Crippen LogP contribution in [0.5, 0.6) is 5.88 Å². The first kappa shape index (κ1) is 14.5. The maximum atomic E-state index is 12.6. The Bertz CT molecular complexity index is 455. The van der Waals surface area contributed by atoms with Gasteiger partial charge in [-0.25, -0.2) is 18.6 Å². The van der Waals surface area contributed by atoms with E-state index in [1.54, 1.807) is 0 Å². The molecule has 0 aliphatic heterocycles. The van der Waals surface area contributed by atoms with Gasteiger partial charge in [-0.2, -0.15) is 8.78 Å². The Morgan fingerprint density at radius 2 is 2.17 bits per heavy atom. The van der Waals surface area contributed by atoms with Crippen molar-refractivity contribution in [2.75, 3.05) is 6.61 Å². The first-order valence-electron chi connectivity index (χ1n) is 4.42. The molecule has 4 nitrogen and oxygen atoms in total. The number of aromatic carboxylic acids is 1. The van der Waals surface area contributed by atoms with E-state index in [0.29, 0.717) is 0 Å². The van der Waals surface area contributed by atoms with E-state index in [1.807, 2.05) is 0 Å². The fourth-order valence-corrected chi connectivity index (χ4v) is 1.17. The SMILES string of the molecule is O=C(O)c1ccnc(OCC(F)(F)C(F)F)c1Cl. The number of halogens is 5. The number of alkyl halides is 4. The van der Waals surface area contributed by atoms with Gasteiger partial charge in [0.25, 0.3) is 0 Å². The molecule has 1 heterocycles. The zero-order valence-electron chi connectivity index (χ0n) is 8.54. The van der Waals surface area contributed by atoms with Crippen LogP contribution in [0.4, 0.5) is 17.6 Å². The molecule has 0 unspecified atom stereocenters. The molecule has 0 aliphatic rings. The number of hydrogen-bond acceptors (Lipinski definition) is 3. The molecule has 1 N–H and O–H groups in total. The van der Waals surface area contributed by atoms with E-state index in [0.717, 1.165) is 12.3 Å². The van der Waals surface area contributed by atoms with Crippen molar-refractivity contribution in [3.63, 3.8) is 0 Å². The summed E-state index contributed by atoms with van der Waals surface area (Å²) in [6.07, 6.45) is -2.95. The first-order valence-corrected chi connectivity index (χ1v) is 4.80. The molecular weight excluding hydrogens is 282 g/mol. The Kier molecular flexibility index (Phi) is 4.33. The van der Waals surface area contributed by atoms with Gasteiger partial charge in [-0.1, -0.05) is 11.6 Å². The van der Waals surface area contributed by atoms with Gasteiger partial charge in [-0.15, -0.1) is 0 Å². The van der Waals surface area contributed by atoms with Crippen LogP contribution in [0.3, 0.4) is 0 Å². The molecule has 9 heteroatoms. The average molecular weight is 288 g/mol. The summed E-state index contributed by atoms with van der Waals surface area (Å²) in [4.78, 5) is 14.0. The van der Waals surface area contributed by atoms with Gasteiger partial charge in [0.15, 0.2) is 6.61 Å². The van der Waals surface area contributed by atoms with E-state index in [1.165, 1.54) is 0 Å². The molecule has 0 atom stereocenters. The van der Waals surface area contributed by atoms with Gasteiger partial charge in [0, 0.05) is 6.20 Å². The zero-order chi connectivity index (χ0) is 13.9. The fraction of sp³-hybridized carbons (Fsp3) is 0.333. The summed E-state index contributed by atoms with van der Waals surface area (Å²) in [5, 5.41) is 8.14. The summed E-state index contributed by atoms with van der Waals surface area (Å²) >= 11 is 5.51. The topological polar surface area (TPSA) is 59.4 Å². The van der Waals surface area contributed by atoms with Crippen LogP contribution in [-0.2, 0) is 0 Å². The van der Waals surface area contributed by atoms with Gasteiger partial charge in [0.05, 0.1) is 5.56 Å². The lowest BCUT2D eigenvalue weighted by Crippen LogP contribution is -2.34. The lowest BCUT2D eigenvalue weighted by Gasteiger charge is -2.16. The Balaban J connectivity index is 2.87. The molecule has 0 bridgehead atoms. The number of nitrogens with zero attached hydrogens (tertiary/aromatic N) is 1. The van der Waals surface area contributed by atoms with Crippen molar-refractivity contribution in [1.82, 2.24) is 4.98 Å². The van der Waals surface area contributed by atoms with Crippen LogP contribution < -0.4 is 4.74 Å². The predicted molar refractivity (Wildman–Crippen MR) is 52.7 cm³/mol. The molecule has 1 rings (SSSR count). The Morgan fingerprint density at radius 1 is 1.56 bits per heavy atom. The summed E-state index contributed by atoms with van der Waals surface area (Å²) in [6.45, 7) is -1.65. The highest BCUT2D eigenvalue weighted by Gasteiger charge is 2.42. The molecule has 1 aromatic heterocycles. The molecule has 0 radical (unpaired) electrons. The van der Waals surface area contributed by atoms with E-state index in [9.17, 15) is 22.4 Å². The van der Waals surface area contributed by atoms with Crippen molar-refractivity contribution in [3.05, 3.63) is 22.8 Å². The summed E-state index contributed by atoms with van der Waals surface area (Å²) in [6, 6.07) is 1.02. The van der Waals surface area contributed by atoms with Gasteiger partial charge >= 0.3 is 18.3 Å². The standard InChI is InChI=1S/C9H6ClF4NO3/c10-5-4(7(16)17)1-2-15-6(5)18-3-9(13,14)8(11)12/h1-2,8H,3H2,(H,16,17). The second-order valence-electron chi connectivity index (χ2n) is 3.13. The maximum Gasteiger partial charge on any atom is 0.340 e. The Morgan fingerprint density at radius 3 is 2.67 bits per heavy atom. The highest BCUT2D eigenvalue weighted by Crippen LogP contribution is 2.28. The summed E-state index contributed by atoms with van der Waals surface area (Å²) < 4.78 is 53.1. The van der Waals surface area contributed by atoms with Gasteiger partial charge in [-0.3, -0.25) is 0 Å². The van der Waals surface area contributed by atoms with Crippen LogP contribution in [-0.4, -0.2) is 35.0 Å². The third kappa shape index (κ3) is 3.22. The number of pyridine rings is 1. The highest BCUT2D eigenvalue weighted by molar-refractivity contribution is 6.34. The van der Waals surface area contributed by atoms with Crippen LogP contribution in [0.2, 0.25) is 5.02 Å². The number of ether oxygens (including phenoxy) is 1. The van der Waals surface area contributed by atoms with Crippen LogP contribution >= 0.6 is 11.6 Å². The van der Waals surface area contributed by atoms with Crippen LogP contribution in [0, 0.1) is 0 Å².